The number of ether oxygens (including phenoxy) is 1. The molecule has 0 aliphatic carbocycles. The topological polar surface area (TPSA) is 77.6 Å². The molecule has 8 heteroatoms. The lowest BCUT2D eigenvalue weighted by molar-refractivity contribution is -0.0705. The maximum atomic E-state index is 13.3. The van der Waals surface area contributed by atoms with Crippen molar-refractivity contribution < 1.29 is 4.74 Å². The number of pyridine rings is 1. The Kier molecular flexibility index (Phi) is 6.79. The molecule has 8 nitrogen and oxygen atoms in total. The predicted molar refractivity (Wildman–Crippen MR) is 139 cm³/mol. The Morgan fingerprint density at radius 3 is 2.31 bits per heavy atom. The lowest BCUT2D eigenvalue weighted by Gasteiger charge is -2.35. The van der Waals surface area contributed by atoms with E-state index in [0.29, 0.717) is 17.8 Å². The van der Waals surface area contributed by atoms with Crippen LogP contribution >= 0.6 is 0 Å². The van der Waals surface area contributed by atoms with Crippen molar-refractivity contribution in [1.82, 2.24) is 29.0 Å². The summed E-state index contributed by atoms with van der Waals surface area (Å²) in [5, 5.41) is 5.03. The zero-order chi connectivity index (χ0) is 24.0. The predicted octanol–water partition coefficient (Wildman–Crippen LogP) is 4.03. The van der Waals surface area contributed by atoms with Gasteiger partial charge >= 0.3 is 5.69 Å². The fourth-order valence-corrected chi connectivity index (χ4v) is 4.84. The fraction of sp³-hybridized carbons (Fsp3) is 0.481. The van der Waals surface area contributed by atoms with Gasteiger partial charge in [-0.25, -0.2) is 14.8 Å². The number of nitrogens with zero attached hydrogens (tertiary/aromatic N) is 6. The van der Waals surface area contributed by atoms with E-state index in [0.717, 1.165) is 36.1 Å². The molecule has 4 heterocycles. The van der Waals surface area contributed by atoms with Crippen molar-refractivity contribution in [3.8, 4) is 0 Å². The van der Waals surface area contributed by atoms with Crippen LogP contribution < -0.4 is 5.69 Å². The van der Waals surface area contributed by atoms with Gasteiger partial charge in [0.25, 0.3) is 0 Å². The highest BCUT2D eigenvalue weighted by molar-refractivity contribution is 5.89. The summed E-state index contributed by atoms with van der Waals surface area (Å²) >= 11 is 0. The van der Waals surface area contributed by atoms with Crippen LogP contribution in [0.4, 0.5) is 0 Å². The highest BCUT2D eigenvalue weighted by Crippen LogP contribution is 2.23. The number of morpholine rings is 1. The minimum absolute atomic E-state index is 0. The Balaban J connectivity index is 0.00000289. The van der Waals surface area contributed by atoms with Crippen molar-refractivity contribution in [2.45, 2.75) is 72.8 Å². The number of rotatable bonds is 4. The highest BCUT2D eigenvalue weighted by atomic mass is 16.5. The van der Waals surface area contributed by atoms with Crippen LogP contribution in [-0.4, -0.2) is 54.3 Å². The van der Waals surface area contributed by atoms with Gasteiger partial charge in [-0.3, -0.25) is 9.47 Å². The number of aromatic nitrogens is 5. The third-order valence-corrected chi connectivity index (χ3v) is 6.44. The van der Waals surface area contributed by atoms with Crippen LogP contribution in [0.3, 0.4) is 0 Å². The van der Waals surface area contributed by atoms with Crippen LogP contribution in [0, 0.1) is 0 Å². The lowest BCUT2D eigenvalue weighted by atomic mass is 9.87. The average Bonchev–Trinajstić information content (AvgIpc) is 3.26. The second-order valence-corrected chi connectivity index (χ2v) is 10.5. The summed E-state index contributed by atoms with van der Waals surface area (Å²) in [4.78, 5) is 24.8. The summed E-state index contributed by atoms with van der Waals surface area (Å²) in [6.07, 6.45) is 3.71. The molecule has 0 N–H and O–H groups in total. The molecule has 1 aliphatic rings. The van der Waals surface area contributed by atoms with Crippen LogP contribution in [-0.2, 0) is 23.2 Å². The Hall–Kier alpha value is -3.10. The van der Waals surface area contributed by atoms with Crippen molar-refractivity contribution in [1.29, 1.82) is 0 Å². The molecule has 5 rings (SSSR count). The molecule has 3 aromatic heterocycles. The average molecular weight is 477 g/mol. The smallest absolute Gasteiger partial charge is 0.352 e. The van der Waals surface area contributed by atoms with E-state index in [-0.39, 0.29) is 30.7 Å². The van der Waals surface area contributed by atoms with Gasteiger partial charge in [0.05, 0.1) is 24.1 Å². The van der Waals surface area contributed by atoms with E-state index in [1.54, 1.807) is 4.57 Å². The fourth-order valence-electron chi connectivity index (χ4n) is 4.84. The number of hydrogen-bond acceptors (Lipinski definition) is 6. The SMILES string of the molecule is C.C[C@@H]1CN(Cc2cnc3c(c2)c2ncnn2c(=O)n3Cc2ccc(C(C)(C)C)cc2)C[C@H](C)O1. The molecule has 1 aliphatic heterocycles. The van der Waals surface area contributed by atoms with Crippen molar-refractivity contribution in [3.05, 3.63) is 70.0 Å². The normalized spacial score (nSPS) is 19.2. The first-order valence-electron chi connectivity index (χ1n) is 11.9. The quantitative estimate of drug-likeness (QED) is 0.443. The summed E-state index contributed by atoms with van der Waals surface area (Å²) in [5.74, 6) is 0. The van der Waals surface area contributed by atoms with Gasteiger partial charge < -0.3 is 4.74 Å². The molecule has 1 aromatic carbocycles. The zero-order valence-electron chi connectivity index (χ0n) is 20.5. The van der Waals surface area contributed by atoms with Crippen LogP contribution in [0.1, 0.15) is 58.7 Å². The van der Waals surface area contributed by atoms with Gasteiger partial charge in [-0.05, 0) is 42.0 Å². The molecule has 0 spiro atoms. The van der Waals surface area contributed by atoms with E-state index < -0.39 is 0 Å². The summed E-state index contributed by atoms with van der Waals surface area (Å²) in [6, 6.07) is 10.5. The first kappa shape index (κ1) is 25.0. The number of benzene rings is 1. The van der Waals surface area contributed by atoms with Crippen molar-refractivity contribution >= 4 is 16.7 Å². The monoisotopic (exact) mass is 476 g/mol. The van der Waals surface area contributed by atoms with E-state index in [4.69, 9.17) is 9.72 Å². The number of fused-ring (bicyclic) bond motifs is 3. The molecule has 0 saturated carbocycles. The Bertz CT molecular complexity index is 1370. The van der Waals surface area contributed by atoms with Crippen LogP contribution in [0.2, 0.25) is 0 Å². The maximum Gasteiger partial charge on any atom is 0.352 e. The van der Waals surface area contributed by atoms with E-state index in [2.05, 4.69) is 79.9 Å². The van der Waals surface area contributed by atoms with Gasteiger partial charge in [-0.15, -0.1) is 0 Å². The standard InChI is InChI=1S/C26H32N6O2.CH4/c1-17-12-30(13-18(2)34-17)14-20-10-22-23(27-11-20)31(25(33)32-24(22)28-16-29-32)15-19-6-8-21(9-7-19)26(3,4)5;/h6-11,16-18H,12-15H2,1-5H3;1H4/t17-,18+;. The van der Waals surface area contributed by atoms with Crippen molar-refractivity contribution in [2.75, 3.05) is 13.1 Å². The van der Waals surface area contributed by atoms with E-state index in [1.165, 1.54) is 16.4 Å². The lowest BCUT2D eigenvalue weighted by Crippen LogP contribution is -2.44. The van der Waals surface area contributed by atoms with Crippen LogP contribution in [0.25, 0.3) is 16.7 Å². The minimum Gasteiger partial charge on any atom is -0.373 e. The third-order valence-electron chi connectivity index (χ3n) is 6.44. The summed E-state index contributed by atoms with van der Waals surface area (Å²) in [5.41, 5.74) is 4.38. The van der Waals surface area contributed by atoms with Gasteiger partial charge in [0.2, 0.25) is 0 Å². The Labute approximate surface area is 206 Å². The minimum atomic E-state index is -0.240. The van der Waals surface area contributed by atoms with Gasteiger partial charge in [0.1, 0.15) is 12.0 Å². The molecular formula is C27H36N6O2. The molecular weight excluding hydrogens is 440 g/mol. The Morgan fingerprint density at radius 1 is 0.971 bits per heavy atom. The molecule has 0 unspecified atom stereocenters. The van der Waals surface area contributed by atoms with E-state index in [9.17, 15) is 4.79 Å². The second kappa shape index (κ2) is 9.51. The van der Waals surface area contributed by atoms with E-state index in [1.807, 2.05) is 6.20 Å². The largest absolute Gasteiger partial charge is 0.373 e. The molecule has 0 bridgehead atoms. The Morgan fingerprint density at radius 2 is 1.66 bits per heavy atom. The molecule has 1 fully saturated rings. The molecule has 0 amide bonds. The van der Waals surface area contributed by atoms with Gasteiger partial charge in [-0.2, -0.15) is 9.61 Å². The molecule has 4 aromatic rings. The molecule has 186 valence electrons. The van der Waals surface area contributed by atoms with Crippen LogP contribution in [0.15, 0.2) is 47.7 Å². The third kappa shape index (κ3) is 4.99. The maximum absolute atomic E-state index is 13.3. The summed E-state index contributed by atoms with van der Waals surface area (Å²) in [7, 11) is 0. The van der Waals surface area contributed by atoms with E-state index >= 15 is 0 Å². The van der Waals surface area contributed by atoms with Gasteiger partial charge in [0.15, 0.2) is 5.65 Å². The first-order valence-corrected chi connectivity index (χ1v) is 11.9. The number of hydrogen-bond donors (Lipinski definition) is 0. The molecule has 2 atom stereocenters. The molecule has 0 radical (unpaired) electrons. The van der Waals surface area contributed by atoms with Crippen molar-refractivity contribution in [3.63, 3.8) is 0 Å². The van der Waals surface area contributed by atoms with Crippen LogP contribution in [0.5, 0.6) is 0 Å². The first-order chi connectivity index (χ1) is 16.2. The summed E-state index contributed by atoms with van der Waals surface area (Å²) in [6.45, 7) is 13.7. The van der Waals surface area contributed by atoms with Gasteiger partial charge in [0, 0.05) is 25.8 Å². The summed E-state index contributed by atoms with van der Waals surface area (Å²) < 4.78 is 8.92. The zero-order valence-corrected chi connectivity index (χ0v) is 20.5. The highest BCUT2D eigenvalue weighted by Gasteiger charge is 2.23. The second-order valence-electron chi connectivity index (χ2n) is 10.5. The van der Waals surface area contributed by atoms with Gasteiger partial charge in [-0.1, -0.05) is 52.5 Å². The molecule has 1 saturated heterocycles. The van der Waals surface area contributed by atoms with Crippen molar-refractivity contribution in [2.24, 2.45) is 0 Å². The molecule has 35 heavy (non-hydrogen) atoms.